The van der Waals surface area contributed by atoms with Crippen LogP contribution < -0.4 is 10.6 Å². The van der Waals surface area contributed by atoms with Gasteiger partial charge in [0, 0.05) is 23.8 Å². The van der Waals surface area contributed by atoms with Gasteiger partial charge in [-0.05, 0) is 74.9 Å². The first kappa shape index (κ1) is 18.6. The van der Waals surface area contributed by atoms with Gasteiger partial charge < -0.3 is 10.6 Å². The van der Waals surface area contributed by atoms with Gasteiger partial charge in [-0.15, -0.1) is 0 Å². The second kappa shape index (κ2) is 8.04. The second-order valence-corrected chi connectivity index (χ2v) is 7.36. The highest BCUT2D eigenvalue weighted by Crippen LogP contribution is 2.23. The molecule has 0 bridgehead atoms. The molecule has 1 aromatic heterocycles. The lowest BCUT2D eigenvalue weighted by atomic mass is 9.91. The van der Waals surface area contributed by atoms with E-state index < -0.39 is 5.82 Å². The maximum Gasteiger partial charge on any atom is 0.251 e. The van der Waals surface area contributed by atoms with Crippen LogP contribution in [0.5, 0.6) is 0 Å². The highest BCUT2D eigenvalue weighted by Gasteiger charge is 2.23. The number of carbonyl (C=O) groups excluding carboxylic acids is 1. The van der Waals surface area contributed by atoms with Gasteiger partial charge in [0.25, 0.3) is 5.91 Å². The van der Waals surface area contributed by atoms with Gasteiger partial charge >= 0.3 is 0 Å². The van der Waals surface area contributed by atoms with Gasteiger partial charge in [-0.3, -0.25) is 4.79 Å². The molecule has 1 saturated carbocycles. The Kier molecular flexibility index (Phi) is 5.77. The number of nitrogens with one attached hydrogen (secondary N) is 2. The zero-order chi connectivity index (χ0) is 18.7. The second-order valence-electron chi connectivity index (χ2n) is 6.95. The van der Waals surface area contributed by atoms with Gasteiger partial charge in [0.2, 0.25) is 0 Å². The van der Waals surface area contributed by atoms with Crippen molar-refractivity contribution < 1.29 is 9.18 Å². The predicted molar refractivity (Wildman–Crippen MR) is 102 cm³/mol. The zero-order valence-corrected chi connectivity index (χ0v) is 15.7. The first-order valence-corrected chi connectivity index (χ1v) is 9.26. The van der Waals surface area contributed by atoms with E-state index in [2.05, 4.69) is 28.6 Å². The average molecular weight is 376 g/mol. The van der Waals surface area contributed by atoms with E-state index in [9.17, 15) is 9.18 Å². The Morgan fingerprint density at radius 3 is 2.46 bits per heavy atom. The molecule has 1 aromatic carbocycles. The van der Waals surface area contributed by atoms with Crippen LogP contribution in [0.15, 0.2) is 30.5 Å². The molecule has 0 saturated heterocycles. The first-order valence-electron chi connectivity index (χ1n) is 8.88. The summed E-state index contributed by atoms with van der Waals surface area (Å²) >= 11 is 5.75. The average Bonchev–Trinajstić information content (AvgIpc) is 2.62. The largest absolute Gasteiger partial charge is 0.367 e. The van der Waals surface area contributed by atoms with Crippen molar-refractivity contribution in [2.75, 3.05) is 5.32 Å². The molecule has 1 amide bonds. The van der Waals surface area contributed by atoms with E-state index in [1.165, 1.54) is 29.3 Å². The fraction of sp³-hybridized carbons (Fsp3) is 0.400. The highest BCUT2D eigenvalue weighted by atomic mass is 35.5. The van der Waals surface area contributed by atoms with Crippen LogP contribution in [0.3, 0.4) is 0 Å². The highest BCUT2D eigenvalue weighted by molar-refractivity contribution is 6.31. The van der Waals surface area contributed by atoms with Crippen LogP contribution >= 0.6 is 11.6 Å². The number of rotatable bonds is 4. The molecular weight excluding hydrogens is 353 g/mol. The van der Waals surface area contributed by atoms with Gasteiger partial charge in [0.05, 0.1) is 5.02 Å². The molecule has 2 aromatic rings. The molecule has 2 N–H and O–H groups in total. The SMILES string of the molecule is Cc1cnc(N[C@H]2CC[C@@H](NC(=O)c3ccc(F)c(Cl)c3)CC2)cc1C. The Hall–Kier alpha value is -2.14. The maximum absolute atomic E-state index is 13.2. The van der Waals surface area contributed by atoms with E-state index in [0.29, 0.717) is 11.6 Å². The molecule has 0 radical (unpaired) electrons. The summed E-state index contributed by atoms with van der Waals surface area (Å²) in [7, 11) is 0. The third kappa shape index (κ3) is 4.52. The lowest BCUT2D eigenvalue weighted by molar-refractivity contribution is 0.0926. The number of pyridine rings is 1. The third-order valence-electron chi connectivity index (χ3n) is 4.97. The van der Waals surface area contributed by atoms with Crippen LogP contribution in [0.25, 0.3) is 0 Å². The maximum atomic E-state index is 13.2. The molecule has 0 aliphatic heterocycles. The molecular formula is C20H23ClFN3O. The van der Waals surface area contributed by atoms with Gasteiger partial charge in [-0.25, -0.2) is 9.37 Å². The van der Waals surface area contributed by atoms with E-state index >= 15 is 0 Å². The smallest absolute Gasteiger partial charge is 0.251 e. The van der Waals surface area contributed by atoms with Crippen LogP contribution in [0.4, 0.5) is 10.2 Å². The fourth-order valence-electron chi connectivity index (χ4n) is 3.20. The first-order chi connectivity index (χ1) is 12.4. The van der Waals surface area contributed by atoms with E-state index in [1.54, 1.807) is 0 Å². The molecule has 1 fully saturated rings. The number of benzene rings is 1. The minimum Gasteiger partial charge on any atom is -0.367 e. The quantitative estimate of drug-likeness (QED) is 0.818. The zero-order valence-electron chi connectivity index (χ0n) is 15.0. The van der Waals surface area contributed by atoms with Gasteiger partial charge in [-0.2, -0.15) is 0 Å². The number of carbonyl (C=O) groups is 1. The monoisotopic (exact) mass is 375 g/mol. The van der Waals surface area contributed by atoms with Crippen molar-refractivity contribution >= 4 is 23.3 Å². The number of halogens is 2. The summed E-state index contributed by atoms with van der Waals surface area (Å²) in [4.78, 5) is 16.7. The van der Waals surface area contributed by atoms with Crippen LogP contribution in [0, 0.1) is 19.7 Å². The summed E-state index contributed by atoms with van der Waals surface area (Å²) < 4.78 is 13.2. The van der Waals surface area contributed by atoms with E-state index in [-0.39, 0.29) is 17.0 Å². The number of anilines is 1. The minimum atomic E-state index is -0.519. The number of aromatic nitrogens is 1. The van der Waals surface area contributed by atoms with Crippen LogP contribution in [0.1, 0.15) is 47.2 Å². The molecule has 138 valence electrons. The summed E-state index contributed by atoms with van der Waals surface area (Å²) in [6, 6.07) is 6.59. The summed E-state index contributed by atoms with van der Waals surface area (Å²) in [6.45, 7) is 4.13. The van der Waals surface area contributed by atoms with E-state index in [0.717, 1.165) is 31.5 Å². The van der Waals surface area contributed by atoms with E-state index in [1.807, 2.05) is 13.1 Å². The van der Waals surface area contributed by atoms with Crippen molar-refractivity contribution in [3.63, 3.8) is 0 Å². The van der Waals surface area contributed by atoms with Gasteiger partial charge in [-0.1, -0.05) is 11.6 Å². The Morgan fingerprint density at radius 1 is 1.12 bits per heavy atom. The molecule has 1 aliphatic carbocycles. The molecule has 3 rings (SSSR count). The molecule has 4 nitrogen and oxygen atoms in total. The normalized spacial score (nSPS) is 19.8. The topological polar surface area (TPSA) is 54.0 Å². The summed E-state index contributed by atoms with van der Waals surface area (Å²) in [6.07, 6.45) is 5.59. The Labute approximate surface area is 158 Å². The molecule has 0 unspecified atom stereocenters. The lowest BCUT2D eigenvalue weighted by Gasteiger charge is -2.30. The Morgan fingerprint density at radius 2 is 1.81 bits per heavy atom. The summed E-state index contributed by atoms with van der Waals surface area (Å²) in [5.41, 5.74) is 2.79. The molecule has 1 aliphatic rings. The van der Waals surface area contributed by atoms with Crippen molar-refractivity contribution in [1.82, 2.24) is 10.3 Å². The number of aryl methyl sites for hydroxylation is 2. The van der Waals surface area contributed by atoms with E-state index in [4.69, 9.17) is 11.6 Å². The van der Waals surface area contributed by atoms with Crippen molar-refractivity contribution in [3.05, 3.63) is 58.0 Å². The fourth-order valence-corrected chi connectivity index (χ4v) is 3.38. The predicted octanol–water partition coefficient (Wildman–Crippen LogP) is 4.64. The van der Waals surface area contributed by atoms with Crippen molar-refractivity contribution in [1.29, 1.82) is 0 Å². The lowest BCUT2D eigenvalue weighted by Crippen LogP contribution is -2.40. The molecule has 26 heavy (non-hydrogen) atoms. The summed E-state index contributed by atoms with van der Waals surface area (Å²) in [5.74, 6) is 0.176. The number of nitrogens with zero attached hydrogens (tertiary/aromatic N) is 1. The number of amides is 1. The third-order valence-corrected chi connectivity index (χ3v) is 5.26. The van der Waals surface area contributed by atoms with Crippen molar-refractivity contribution in [2.24, 2.45) is 0 Å². The van der Waals surface area contributed by atoms with Crippen LogP contribution in [-0.4, -0.2) is 23.0 Å². The Balaban J connectivity index is 1.51. The number of hydrogen-bond acceptors (Lipinski definition) is 3. The van der Waals surface area contributed by atoms with Gasteiger partial charge in [0.1, 0.15) is 11.6 Å². The number of hydrogen-bond donors (Lipinski definition) is 2. The molecule has 6 heteroatoms. The Bertz CT molecular complexity index is 804. The summed E-state index contributed by atoms with van der Waals surface area (Å²) in [5, 5.41) is 6.47. The van der Waals surface area contributed by atoms with Crippen molar-refractivity contribution in [2.45, 2.75) is 51.6 Å². The molecule has 0 spiro atoms. The molecule has 0 atom stereocenters. The van der Waals surface area contributed by atoms with Crippen LogP contribution in [-0.2, 0) is 0 Å². The van der Waals surface area contributed by atoms with Crippen LogP contribution in [0.2, 0.25) is 5.02 Å². The standard InChI is InChI=1S/C20H23ClFN3O/c1-12-9-19(23-11-13(12)2)24-15-4-6-16(7-5-15)25-20(26)14-3-8-18(22)17(21)10-14/h3,8-11,15-16H,4-7H2,1-2H3,(H,23,24)(H,25,26)/t15-,16+. The van der Waals surface area contributed by atoms with Crippen molar-refractivity contribution in [3.8, 4) is 0 Å². The van der Waals surface area contributed by atoms with Gasteiger partial charge in [0.15, 0.2) is 0 Å². The molecule has 1 heterocycles. The minimum absolute atomic E-state index is 0.0357.